The molecule has 72 valence electrons. The van der Waals surface area contributed by atoms with Gasteiger partial charge in [-0.25, -0.2) is 4.39 Å². The van der Waals surface area contributed by atoms with Gasteiger partial charge in [0.05, 0.1) is 0 Å². The van der Waals surface area contributed by atoms with Gasteiger partial charge in [-0.2, -0.15) is 0 Å². The van der Waals surface area contributed by atoms with Gasteiger partial charge in [-0.3, -0.25) is 0 Å². The summed E-state index contributed by atoms with van der Waals surface area (Å²) in [5, 5.41) is 0. The lowest BCUT2D eigenvalue weighted by atomic mass is 9.89. The number of rotatable bonds is 2. The summed E-state index contributed by atoms with van der Waals surface area (Å²) >= 11 is 0. The highest BCUT2D eigenvalue weighted by Gasteiger charge is 2.10. The summed E-state index contributed by atoms with van der Waals surface area (Å²) < 4.78 is 13.1. The summed E-state index contributed by atoms with van der Waals surface area (Å²) in [6.07, 6.45) is 0. The summed E-state index contributed by atoms with van der Waals surface area (Å²) in [6.45, 7) is 8.38. The largest absolute Gasteiger partial charge is 0.207 e. The van der Waals surface area contributed by atoms with Crippen LogP contribution in [0.3, 0.4) is 0 Å². The zero-order valence-electron chi connectivity index (χ0n) is 8.76. The fourth-order valence-electron chi connectivity index (χ4n) is 1.41. The average Bonchev–Trinajstić information content (AvgIpc) is 2.01. The van der Waals surface area contributed by atoms with Crippen LogP contribution in [0.25, 0.3) is 0 Å². The molecule has 0 saturated heterocycles. The fraction of sp³-hybridized carbons (Fsp3) is 0.500. The van der Waals surface area contributed by atoms with Crippen LogP contribution in [0.2, 0.25) is 0 Å². The first kappa shape index (κ1) is 10.2. The standard InChI is InChI=1S/C12H17F/c1-8(2)10(4)11-5-9(3)6-12(13)7-11/h5-8,10H,1-4H3. The molecule has 0 aromatic heterocycles. The molecular formula is C12H17F. The number of halogens is 1. The third kappa shape index (κ3) is 2.55. The molecule has 0 N–H and O–H groups in total. The van der Waals surface area contributed by atoms with Crippen LogP contribution in [0.5, 0.6) is 0 Å². The molecular weight excluding hydrogens is 163 g/mol. The summed E-state index contributed by atoms with van der Waals surface area (Å²) in [6, 6.07) is 5.27. The number of benzene rings is 1. The van der Waals surface area contributed by atoms with Crippen LogP contribution in [0.1, 0.15) is 37.8 Å². The van der Waals surface area contributed by atoms with Crippen LogP contribution in [-0.2, 0) is 0 Å². The molecule has 0 heterocycles. The Labute approximate surface area is 79.8 Å². The maximum Gasteiger partial charge on any atom is 0.123 e. The van der Waals surface area contributed by atoms with Gasteiger partial charge in [0.2, 0.25) is 0 Å². The second kappa shape index (κ2) is 3.91. The Morgan fingerprint density at radius 3 is 2.15 bits per heavy atom. The van der Waals surface area contributed by atoms with Crippen LogP contribution < -0.4 is 0 Å². The molecule has 1 unspecified atom stereocenters. The van der Waals surface area contributed by atoms with Crippen molar-refractivity contribution in [1.29, 1.82) is 0 Å². The highest BCUT2D eigenvalue weighted by molar-refractivity contribution is 5.26. The maximum atomic E-state index is 13.1. The molecule has 0 bridgehead atoms. The van der Waals surface area contributed by atoms with Crippen molar-refractivity contribution in [2.24, 2.45) is 5.92 Å². The van der Waals surface area contributed by atoms with Gasteiger partial charge in [0.15, 0.2) is 0 Å². The SMILES string of the molecule is Cc1cc(F)cc(C(C)C(C)C)c1. The van der Waals surface area contributed by atoms with Crippen LogP contribution in [-0.4, -0.2) is 0 Å². The number of aryl methyl sites for hydroxylation is 1. The van der Waals surface area contributed by atoms with E-state index in [9.17, 15) is 4.39 Å². The van der Waals surface area contributed by atoms with Gasteiger partial charge in [-0.05, 0) is 42.0 Å². The summed E-state index contributed by atoms with van der Waals surface area (Å²) in [5.41, 5.74) is 2.11. The Morgan fingerprint density at radius 2 is 1.69 bits per heavy atom. The summed E-state index contributed by atoms with van der Waals surface area (Å²) in [4.78, 5) is 0. The Morgan fingerprint density at radius 1 is 1.08 bits per heavy atom. The van der Waals surface area contributed by atoms with Crippen LogP contribution >= 0.6 is 0 Å². The van der Waals surface area contributed by atoms with Crippen molar-refractivity contribution in [3.8, 4) is 0 Å². The van der Waals surface area contributed by atoms with Crippen molar-refractivity contribution in [1.82, 2.24) is 0 Å². The lowest BCUT2D eigenvalue weighted by molar-refractivity contribution is 0.529. The molecule has 1 heteroatoms. The van der Waals surface area contributed by atoms with E-state index in [0.717, 1.165) is 11.1 Å². The normalized spacial score (nSPS) is 13.4. The van der Waals surface area contributed by atoms with Gasteiger partial charge in [0.25, 0.3) is 0 Å². The number of hydrogen-bond donors (Lipinski definition) is 0. The van der Waals surface area contributed by atoms with Gasteiger partial charge in [-0.15, -0.1) is 0 Å². The first-order chi connectivity index (χ1) is 6.00. The molecule has 13 heavy (non-hydrogen) atoms. The summed E-state index contributed by atoms with van der Waals surface area (Å²) in [5.74, 6) is 0.859. The van der Waals surface area contributed by atoms with Crippen molar-refractivity contribution >= 4 is 0 Å². The van der Waals surface area contributed by atoms with E-state index in [4.69, 9.17) is 0 Å². The lowest BCUT2D eigenvalue weighted by Crippen LogP contribution is -2.02. The van der Waals surface area contributed by atoms with E-state index in [2.05, 4.69) is 26.8 Å². The van der Waals surface area contributed by atoms with Crippen LogP contribution in [0.15, 0.2) is 18.2 Å². The van der Waals surface area contributed by atoms with E-state index in [1.165, 1.54) is 0 Å². The monoisotopic (exact) mass is 180 g/mol. The first-order valence-electron chi connectivity index (χ1n) is 4.78. The molecule has 1 rings (SSSR count). The highest BCUT2D eigenvalue weighted by Crippen LogP contribution is 2.24. The van der Waals surface area contributed by atoms with E-state index in [-0.39, 0.29) is 5.82 Å². The molecule has 0 aliphatic heterocycles. The first-order valence-corrected chi connectivity index (χ1v) is 4.78. The Balaban J connectivity index is 3.01. The van der Waals surface area contributed by atoms with Gasteiger partial charge in [0, 0.05) is 0 Å². The van der Waals surface area contributed by atoms with Gasteiger partial charge >= 0.3 is 0 Å². The molecule has 0 aliphatic carbocycles. The van der Waals surface area contributed by atoms with Crippen molar-refractivity contribution in [2.45, 2.75) is 33.6 Å². The molecule has 0 amide bonds. The quantitative estimate of drug-likeness (QED) is 0.647. The smallest absolute Gasteiger partial charge is 0.123 e. The molecule has 0 saturated carbocycles. The minimum absolute atomic E-state index is 0.123. The van der Waals surface area contributed by atoms with E-state index in [0.29, 0.717) is 11.8 Å². The second-order valence-corrected chi connectivity index (χ2v) is 4.09. The van der Waals surface area contributed by atoms with Crippen LogP contribution in [0, 0.1) is 18.7 Å². The molecule has 0 radical (unpaired) electrons. The topological polar surface area (TPSA) is 0 Å². The predicted molar refractivity (Wildman–Crippen MR) is 54.4 cm³/mol. The molecule has 0 nitrogen and oxygen atoms in total. The molecule has 1 aromatic rings. The van der Waals surface area contributed by atoms with Crippen molar-refractivity contribution in [3.05, 3.63) is 35.1 Å². The third-order valence-electron chi connectivity index (χ3n) is 2.59. The second-order valence-electron chi connectivity index (χ2n) is 4.09. The van der Waals surface area contributed by atoms with Crippen molar-refractivity contribution < 1.29 is 4.39 Å². The molecule has 1 aromatic carbocycles. The van der Waals surface area contributed by atoms with E-state index < -0.39 is 0 Å². The highest BCUT2D eigenvalue weighted by atomic mass is 19.1. The van der Waals surface area contributed by atoms with E-state index in [1.807, 2.05) is 6.92 Å². The third-order valence-corrected chi connectivity index (χ3v) is 2.59. The molecule has 0 aliphatic rings. The molecule has 1 atom stereocenters. The van der Waals surface area contributed by atoms with E-state index in [1.54, 1.807) is 12.1 Å². The average molecular weight is 180 g/mol. The predicted octanol–water partition coefficient (Wildman–Crippen LogP) is 3.89. The zero-order valence-corrected chi connectivity index (χ0v) is 8.76. The number of hydrogen-bond acceptors (Lipinski definition) is 0. The maximum absolute atomic E-state index is 13.1. The Hall–Kier alpha value is -0.850. The Kier molecular flexibility index (Phi) is 3.07. The molecule has 0 fully saturated rings. The summed E-state index contributed by atoms with van der Waals surface area (Å²) in [7, 11) is 0. The van der Waals surface area contributed by atoms with Crippen LogP contribution in [0.4, 0.5) is 4.39 Å². The van der Waals surface area contributed by atoms with Gasteiger partial charge < -0.3 is 0 Å². The Bertz CT molecular complexity index is 269. The minimum atomic E-state index is -0.123. The zero-order chi connectivity index (χ0) is 10.0. The minimum Gasteiger partial charge on any atom is -0.207 e. The van der Waals surface area contributed by atoms with Gasteiger partial charge in [-0.1, -0.05) is 26.8 Å². The van der Waals surface area contributed by atoms with Crippen molar-refractivity contribution in [2.75, 3.05) is 0 Å². The fourth-order valence-corrected chi connectivity index (χ4v) is 1.41. The van der Waals surface area contributed by atoms with E-state index >= 15 is 0 Å². The van der Waals surface area contributed by atoms with Crippen molar-refractivity contribution in [3.63, 3.8) is 0 Å². The lowest BCUT2D eigenvalue weighted by Gasteiger charge is -2.16. The molecule has 0 spiro atoms. The van der Waals surface area contributed by atoms with Gasteiger partial charge in [0.1, 0.15) is 5.82 Å².